The van der Waals surface area contributed by atoms with E-state index in [2.05, 4.69) is 0 Å². The Bertz CT molecular complexity index is 777. The number of para-hydroxylation sites is 2. The van der Waals surface area contributed by atoms with Crippen LogP contribution in [0, 0.1) is 0 Å². The van der Waals surface area contributed by atoms with Gasteiger partial charge in [-0.1, -0.05) is 23.7 Å². The van der Waals surface area contributed by atoms with Gasteiger partial charge in [-0.3, -0.25) is 4.79 Å². The Hall–Kier alpha value is -2.73. The predicted octanol–water partition coefficient (Wildman–Crippen LogP) is 2.69. The van der Waals surface area contributed by atoms with E-state index in [0.717, 1.165) is 0 Å². The van der Waals surface area contributed by atoms with E-state index in [1.165, 1.54) is 12.0 Å². The highest BCUT2D eigenvalue weighted by molar-refractivity contribution is 6.30. The van der Waals surface area contributed by atoms with Crippen LogP contribution in [-0.2, 0) is 14.3 Å². The Morgan fingerprint density at radius 3 is 2.64 bits per heavy atom. The first kappa shape index (κ1) is 17.1. The summed E-state index contributed by atoms with van der Waals surface area (Å²) in [7, 11) is 1.28. The second-order valence-electron chi connectivity index (χ2n) is 5.34. The maximum absolute atomic E-state index is 12.6. The number of methoxy groups -OCH3 is 1. The quantitative estimate of drug-likeness (QED) is 0.783. The molecule has 0 saturated heterocycles. The van der Waals surface area contributed by atoms with Gasteiger partial charge in [-0.05, 0) is 36.4 Å². The Morgan fingerprint density at radius 2 is 1.92 bits per heavy atom. The standard InChI is InChI=1S/C18H16ClNO5/c1-23-18(22)16-10-20(14-4-2-3-5-15(14)25-16)17(21)11-24-13-8-6-12(19)7-9-13/h2-9,16H,10-11H2,1H3. The summed E-state index contributed by atoms with van der Waals surface area (Å²) in [5.74, 6) is 0.151. The van der Waals surface area contributed by atoms with Gasteiger partial charge in [0.2, 0.25) is 6.10 Å². The summed E-state index contributed by atoms with van der Waals surface area (Å²) >= 11 is 5.82. The molecule has 3 rings (SSSR count). The lowest BCUT2D eigenvalue weighted by Crippen LogP contribution is -2.48. The molecule has 1 heterocycles. The molecule has 2 aromatic rings. The molecule has 0 bridgehead atoms. The number of hydrogen-bond acceptors (Lipinski definition) is 5. The zero-order valence-corrected chi connectivity index (χ0v) is 14.2. The molecule has 1 atom stereocenters. The number of nitrogens with zero attached hydrogens (tertiary/aromatic N) is 1. The maximum atomic E-state index is 12.6. The van der Waals surface area contributed by atoms with Crippen molar-refractivity contribution in [1.82, 2.24) is 0 Å². The molecular weight excluding hydrogens is 346 g/mol. The van der Waals surface area contributed by atoms with Crippen LogP contribution >= 0.6 is 11.6 Å². The third kappa shape index (κ3) is 3.85. The molecule has 0 radical (unpaired) electrons. The number of carbonyl (C=O) groups excluding carboxylic acids is 2. The van der Waals surface area contributed by atoms with Gasteiger partial charge in [0, 0.05) is 5.02 Å². The van der Waals surface area contributed by atoms with E-state index in [9.17, 15) is 9.59 Å². The van der Waals surface area contributed by atoms with Gasteiger partial charge in [-0.2, -0.15) is 0 Å². The van der Waals surface area contributed by atoms with Gasteiger partial charge in [-0.25, -0.2) is 4.79 Å². The van der Waals surface area contributed by atoms with Gasteiger partial charge < -0.3 is 19.1 Å². The summed E-state index contributed by atoms with van der Waals surface area (Å²) in [6.07, 6.45) is -0.876. The van der Waals surface area contributed by atoms with Gasteiger partial charge >= 0.3 is 5.97 Å². The Labute approximate surface area is 149 Å². The number of esters is 1. The molecule has 130 valence electrons. The largest absolute Gasteiger partial charge is 0.484 e. The third-order valence-corrected chi connectivity index (χ3v) is 3.97. The number of halogens is 1. The number of benzene rings is 2. The molecule has 1 aliphatic heterocycles. The molecule has 0 saturated carbocycles. The van der Waals surface area contributed by atoms with Crippen LogP contribution in [0.2, 0.25) is 5.02 Å². The lowest BCUT2D eigenvalue weighted by atomic mass is 10.2. The van der Waals surface area contributed by atoms with Crippen LogP contribution in [0.15, 0.2) is 48.5 Å². The zero-order chi connectivity index (χ0) is 17.8. The number of amides is 1. The summed E-state index contributed by atoms with van der Waals surface area (Å²) < 4.78 is 15.9. The van der Waals surface area contributed by atoms with Gasteiger partial charge in [0.15, 0.2) is 6.61 Å². The normalized spacial score (nSPS) is 15.8. The van der Waals surface area contributed by atoms with Gasteiger partial charge in [-0.15, -0.1) is 0 Å². The molecule has 1 aliphatic rings. The fraction of sp³-hybridized carbons (Fsp3) is 0.222. The molecule has 2 aromatic carbocycles. The molecular formula is C18H16ClNO5. The van der Waals surface area contributed by atoms with Gasteiger partial charge in [0.05, 0.1) is 19.3 Å². The van der Waals surface area contributed by atoms with Crippen molar-refractivity contribution in [1.29, 1.82) is 0 Å². The minimum Gasteiger partial charge on any atom is -0.484 e. The SMILES string of the molecule is COC(=O)C1CN(C(=O)COc2ccc(Cl)cc2)c2ccccc2O1. The molecule has 0 fully saturated rings. The van der Waals surface area contributed by atoms with Crippen molar-refractivity contribution in [2.24, 2.45) is 0 Å². The first-order chi connectivity index (χ1) is 12.1. The topological polar surface area (TPSA) is 65.1 Å². The van der Waals surface area contributed by atoms with Crippen molar-refractivity contribution >= 4 is 29.2 Å². The van der Waals surface area contributed by atoms with E-state index in [4.69, 9.17) is 25.8 Å². The average molecular weight is 362 g/mol. The van der Waals surface area contributed by atoms with Crippen molar-refractivity contribution < 1.29 is 23.8 Å². The van der Waals surface area contributed by atoms with E-state index >= 15 is 0 Å². The van der Waals surface area contributed by atoms with Gasteiger partial charge in [0.1, 0.15) is 11.5 Å². The van der Waals surface area contributed by atoms with E-state index in [-0.39, 0.29) is 19.1 Å². The summed E-state index contributed by atoms with van der Waals surface area (Å²) in [5.41, 5.74) is 0.590. The van der Waals surface area contributed by atoms with Gasteiger partial charge in [0.25, 0.3) is 5.91 Å². The first-order valence-electron chi connectivity index (χ1n) is 7.60. The molecule has 6 nitrogen and oxygen atoms in total. The van der Waals surface area contributed by atoms with Crippen molar-refractivity contribution in [2.75, 3.05) is 25.2 Å². The molecule has 0 aliphatic carbocycles. The number of hydrogen-bond donors (Lipinski definition) is 0. The van der Waals surface area contributed by atoms with Crippen LogP contribution in [0.3, 0.4) is 0 Å². The number of fused-ring (bicyclic) bond motifs is 1. The predicted molar refractivity (Wildman–Crippen MR) is 92.2 cm³/mol. The van der Waals surface area contributed by atoms with Crippen LogP contribution in [0.5, 0.6) is 11.5 Å². The molecule has 1 amide bonds. The molecule has 1 unspecified atom stereocenters. The maximum Gasteiger partial charge on any atom is 0.348 e. The number of carbonyl (C=O) groups is 2. The second-order valence-corrected chi connectivity index (χ2v) is 5.78. The average Bonchev–Trinajstić information content (AvgIpc) is 2.65. The molecule has 0 aromatic heterocycles. The summed E-state index contributed by atoms with van der Waals surface area (Å²) in [4.78, 5) is 25.9. The van der Waals surface area contributed by atoms with Crippen molar-refractivity contribution in [3.8, 4) is 11.5 Å². The fourth-order valence-corrected chi connectivity index (χ4v) is 2.60. The van der Waals surface area contributed by atoms with Crippen molar-refractivity contribution in [2.45, 2.75) is 6.10 Å². The Balaban J connectivity index is 1.75. The monoisotopic (exact) mass is 361 g/mol. The van der Waals surface area contributed by atoms with E-state index in [1.807, 2.05) is 0 Å². The van der Waals surface area contributed by atoms with Crippen molar-refractivity contribution in [3.05, 3.63) is 53.6 Å². The lowest BCUT2D eigenvalue weighted by molar-refractivity contribution is -0.148. The van der Waals surface area contributed by atoms with Crippen LogP contribution in [0.4, 0.5) is 5.69 Å². The Kier molecular flexibility index (Phi) is 5.09. The fourth-order valence-electron chi connectivity index (χ4n) is 2.48. The summed E-state index contributed by atoms with van der Waals surface area (Å²) in [5, 5.41) is 0.585. The zero-order valence-electron chi connectivity index (χ0n) is 13.5. The molecule has 7 heteroatoms. The molecule has 0 spiro atoms. The highest BCUT2D eigenvalue weighted by Crippen LogP contribution is 2.33. The van der Waals surface area contributed by atoms with E-state index in [0.29, 0.717) is 22.2 Å². The summed E-state index contributed by atoms with van der Waals surface area (Å²) in [6, 6.07) is 13.7. The minimum absolute atomic E-state index is 0.0620. The third-order valence-electron chi connectivity index (χ3n) is 3.71. The van der Waals surface area contributed by atoms with Crippen LogP contribution in [0.25, 0.3) is 0 Å². The minimum atomic E-state index is -0.876. The smallest absolute Gasteiger partial charge is 0.348 e. The second kappa shape index (κ2) is 7.44. The van der Waals surface area contributed by atoms with Crippen molar-refractivity contribution in [3.63, 3.8) is 0 Å². The first-order valence-corrected chi connectivity index (χ1v) is 7.98. The van der Waals surface area contributed by atoms with Crippen LogP contribution < -0.4 is 14.4 Å². The highest BCUT2D eigenvalue weighted by Gasteiger charge is 2.34. The van der Waals surface area contributed by atoms with Crippen LogP contribution in [-0.4, -0.2) is 38.2 Å². The number of rotatable bonds is 4. The summed E-state index contributed by atoms with van der Waals surface area (Å²) in [6.45, 7) is -0.115. The lowest BCUT2D eigenvalue weighted by Gasteiger charge is -2.33. The van der Waals surface area contributed by atoms with E-state index < -0.39 is 12.1 Å². The highest BCUT2D eigenvalue weighted by atomic mass is 35.5. The number of ether oxygens (including phenoxy) is 3. The van der Waals surface area contributed by atoms with Crippen LogP contribution in [0.1, 0.15) is 0 Å². The molecule has 0 N–H and O–H groups in total. The molecule has 25 heavy (non-hydrogen) atoms. The van der Waals surface area contributed by atoms with E-state index in [1.54, 1.807) is 48.5 Å². The Morgan fingerprint density at radius 1 is 1.20 bits per heavy atom. The number of anilines is 1.